The number of hydrogen-bond acceptors (Lipinski definition) is 4. The van der Waals surface area contributed by atoms with Gasteiger partial charge in [0.1, 0.15) is 17.1 Å². The van der Waals surface area contributed by atoms with E-state index in [1.807, 2.05) is 30.3 Å². The summed E-state index contributed by atoms with van der Waals surface area (Å²) in [6.07, 6.45) is 0. The van der Waals surface area contributed by atoms with Crippen molar-refractivity contribution in [1.29, 1.82) is 0 Å². The summed E-state index contributed by atoms with van der Waals surface area (Å²) in [7, 11) is 0. The van der Waals surface area contributed by atoms with E-state index in [9.17, 15) is 14.0 Å². The van der Waals surface area contributed by atoms with Crippen LogP contribution in [-0.4, -0.2) is 12.4 Å². The normalized spacial score (nSPS) is 10.8. The average molecular weight is 374 g/mol. The van der Waals surface area contributed by atoms with Gasteiger partial charge in [-0.15, -0.1) is 0 Å². The van der Waals surface area contributed by atoms with Crippen LogP contribution in [0.3, 0.4) is 0 Å². The second kappa shape index (κ2) is 7.48. The lowest BCUT2D eigenvalue weighted by Gasteiger charge is -2.09. The van der Waals surface area contributed by atoms with Crippen molar-refractivity contribution in [3.63, 3.8) is 0 Å². The first-order chi connectivity index (χ1) is 13.6. The van der Waals surface area contributed by atoms with Gasteiger partial charge in [0.05, 0.1) is 5.56 Å². The van der Waals surface area contributed by atoms with Crippen LogP contribution in [0.1, 0.15) is 10.4 Å². The lowest BCUT2D eigenvalue weighted by Crippen LogP contribution is -2.13. The van der Waals surface area contributed by atoms with Crippen LogP contribution in [0, 0.1) is 5.82 Å². The Bertz CT molecular complexity index is 1210. The molecule has 0 fully saturated rings. The van der Waals surface area contributed by atoms with Gasteiger partial charge in [-0.1, -0.05) is 42.5 Å². The molecule has 0 unspecified atom stereocenters. The van der Waals surface area contributed by atoms with Crippen LogP contribution in [0.2, 0.25) is 0 Å². The molecule has 0 aliphatic carbocycles. The maximum absolute atomic E-state index is 13.7. The van der Waals surface area contributed by atoms with Gasteiger partial charge in [0, 0.05) is 17.5 Å². The van der Waals surface area contributed by atoms with Gasteiger partial charge in [-0.05, 0) is 35.4 Å². The summed E-state index contributed by atoms with van der Waals surface area (Å²) in [4.78, 5) is 24.1. The number of fused-ring (bicyclic) bond motifs is 1. The molecule has 0 spiro atoms. The quantitative estimate of drug-likeness (QED) is 0.370. The van der Waals surface area contributed by atoms with Gasteiger partial charge in [0.25, 0.3) is 0 Å². The maximum atomic E-state index is 13.7. The number of carbonyl (C=O) groups excluding carboxylic acids is 1. The van der Waals surface area contributed by atoms with Crippen molar-refractivity contribution in [3.05, 3.63) is 101 Å². The summed E-state index contributed by atoms with van der Waals surface area (Å²) in [5.74, 6) is -0.712. The highest BCUT2D eigenvalue weighted by molar-refractivity contribution is 5.97. The zero-order valence-corrected chi connectivity index (χ0v) is 14.7. The first kappa shape index (κ1) is 17.7. The molecule has 0 aliphatic rings. The molecule has 1 heterocycles. The van der Waals surface area contributed by atoms with Crippen LogP contribution in [0.5, 0.6) is 5.75 Å². The highest BCUT2D eigenvalue weighted by atomic mass is 19.1. The van der Waals surface area contributed by atoms with Crippen LogP contribution in [0.15, 0.2) is 88.1 Å². The minimum atomic E-state index is -0.590. The highest BCUT2D eigenvalue weighted by Gasteiger charge is 2.13. The first-order valence-corrected chi connectivity index (χ1v) is 8.66. The zero-order chi connectivity index (χ0) is 19.5. The molecule has 1 aromatic heterocycles. The SMILES string of the molecule is O=C(COc1ccc2c(-c3ccccc3)cc(=O)oc2c1)c1ccccc1F. The molecule has 28 heavy (non-hydrogen) atoms. The number of Topliss-reactive ketones (excluding diaryl/α,β-unsaturated/α-hetero) is 1. The van der Waals surface area contributed by atoms with E-state index in [1.165, 1.54) is 24.3 Å². The van der Waals surface area contributed by atoms with Crippen molar-refractivity contribution in [2.75, 3.05) is 6.61 Å². The van der Waals surface area contributed by atoms with Gasteiger partial charge >= 0.3 is 5.63 Å². The van der Waals surface area contributed by atoms with Gasteiger partial charge in [-0.3, -0.25) is 4.79 Å². The van der Waals surface area contributed by atoms with Gasteiger partial charge in [0.15, 0.2) is 6.61 Å². The summed E-state index contributed by atoms with van der Waals surface area (Å²) in [6.45, 7) is -0.324. The molecule has 0 amide bonds. The van der Waals surface area contributed by atoms with Crippen LogP contribution >= 0.6 is 0 Å². The monoisotopic (exact) mass is 374 g/mol. The molecular formula is C23H15FO4. The van der Waals surface area contributed by atoms with Crippen molar-refractivity contribution in [3.8, 4) is 16.9 Å². The predicted molar refractivity (Wildman–Crippen MR) is 104 cm³/mol. The fraction of sp³-hybridized carbons (Fsp3) is 0.0435. The standard InChI is InChI=1S/C23H15FO4/c24-20-9-5-4-8-18(20)21(25)14-27-16-10-11-17-19(15-6-2-1-3-7-15)13-23(26)28-22(17)12-16/h1-13H,14H2. The molecular weight excluding hydrogens is 359 g/mol. The number of benzene rings is 3. The summed E-state index contributed by atoms with van der Waals surface area (Å²) in [6, 6.07) is 21.7. The maximum Gasteiger partial charge on any atom is 0.336 e. The van der Waals surface area contributed by atoms with E-state index in [0.29, 0.717) is 11.3 Å². The summed E-state index contributed by atoms with van der Waals surface area (Å²) in [5, 5.41) is 0.749. The Morgan fingerprint density at radius 3 is 2.46 bits per heavy atom. The van der Waals surface area contributed by atoms with E-state index in [0.717, 1.165) is 16.5 Å². The minimum Gasteiger partial charge on any atom is -0.485 e. The third-order valence-corrected chi connectivity index (χ3v) is 4.34. The Balaban J connectivity index is 1.63. The molecule has 5 heteroatoms. The van der Waals surface area contributed by atoms with E-state index in [1.54, 1.807) is 24.3 Å². The Labute approximate surface area is 159 Å². The van der Waals surface area contributed by atoms with E-state index < -0.39 is 17.2 Å². The van der Waals surface area contributed by atoms with Crippen molar-refractivity contribution in [2.45, 2.75) is 0 Å². The van der Waals surface area contributed by atoms with E-state index in [-0.39, 0.29) is 12.2 Å². The zero-order valence-electron chi connectivity index (χ0n) is 14.7. The van der Waals surface area contributed by atoms with Crippen molar-refractivity contribution in [1.82, 2.24) is 0 Å². The third-order valence-electron chi connectivity index (χ3n) is 4.34. The second-order valence-corrected chi connectivity index (χ2v) is 6.19. The van der Waals surface area contributed by atoms with Crippen LogP contribution < -0.4 is 10.4 Å². The average Bonchev–Trinajstić information content (AvgIpc) is 2.72. The molecule has 0 saturated heterocycles. The van der Waals surface area contributed by atoms with Crippen molar-refractivity contribution >= 4 is 16.8 Å². The molecule has 0 saturated carbocycles. The molecule has 138 valence electrons. The smallest absolute Gasteiger partial charge is 0.336 e. The largest absolute Gasteiger partial charge is 0.485 e. The molecule has 0 N–H and O–H groups in total. The van der Waals surface area contributed by atoms with Gasteiger partial charge in [0.2, 0.25) is 5.78 Å². The molecule has 0 aliphatic heterocycles. The Kier molecular flexibility index (Phi) is 4.72. The van der Waals surface area contributed by atoms with Gasteiger partial charge in [-0.25, -0.2) is 9.18 Å². The van der Waals surface area contributed by atoms with Crippen LogP contribution in [0.4, 0.5) is 4.39 Å². The first-order valence-electron chi connectivity index (χ1n) is 8.66. The number of ether oxygens (including phenoxy) is 1. The topological polar surface area (TPSA) is 56.5 Å². The molecule has 3 aromatic carbocycles. The number of carbonyl (C=O) groups is 1. The Hall–Kier alpha value is -3.73. The van der Waals surface area contributed by atoms with E-state index in [2.05, 4.69) is 0 Å². The number of rotatable bonds is 5. The van der Waals surface area contributed by atoms with Gasteiger partial charge in [-0.2, -0.15) is 0 Å². The van der Waals surface area contributed by atoms with Crippen LogP contribution in [0.25, 0.3) is 22.1 Å². The van der Waals surface area contributed by atoms with E-state index in [4.69, 9.17) is 9.15 Å². The summed E-state index contributed by atoms with van der Waals surface area (Å²) < 4.78 is 24.5. The lowest BCUT2D eigenvalue weighted by atomic mass is 10.0. The Morgan fingerprint density at radius 1 is 0.929 bits per heavy atom. The van der Waals surface area contributed by atoms with Crippen molar-refractivity contribution in [2.24, 2.45) is 0 Å². The Morgan fingerprint density at radius 2 is 1.68 bits per heavy atom. The third kappa shape index (κ3) is 3.55. The molecule has 4 rings (SSSR count). The molecule has 0 radical (unpaired) electrons. The molecule has 0 bridgehead atoms. The number of ketones is 1. The molecule has 4 nitrogen and oxygen atoms in total. The van der Waals surface area contributed by atoms with Crippen molar-refractivity contribution < 1.29 is 18.3 Å². The van der Waals surface area contributed by atoms with Gasteiger partial charge < -0.3 is 9.15 Å². The molecule has 0 atom stereocenters. The lowest BCUT2D eigenvalue weighted by molar-refractivity contribution is 0.0917. The number of halogens is 1. The second-order valence-electron chi connectivity index (χ2n) is 6.19. The fourth-order valence-corrected chi connectivity index (χ4v) is 3.00. The molecule has 4 aromatic rings. The summed E-state index contributed by atoms with van der Waals surface area (Å²) >= 11 is 0. The number of hydrogen-bond donors (Lipinski definition) is 0. The summed E-state index contributed by atoms with van der Waals surface area (Å²) in [5.41, 5.74) is 1.49. The highest BCUT2D eigenvalue weighted by Crippen LogP contribution is 2.29. The van der Waals surface area contributed by atoms with E-state index >= 15 is 0 Å². The minimum absolute atomic E-state index is 0.0267. The fourth-order valence-electron chi connectivity index (χ4n) is 3.00. The predicted octanol–water partition coefficient (Wildman–Crippen LogP) is 4.86. The van der Waals surface area contributed by atoms with Crippen LogP contribution in [-0.2, 0) is 0 Å².